The third-order valence-corrected chi connectivity index (χ3v) is 4.78. The van der Waals surface area contributed by atoms with Crippen LogP contribution in [0.15, 0.2) is 65.8 Å². The Labute approximate surface area is 178 Å². The molecule has 31 heavy (non-hydrogen) atoms. The molecule has 0 saturated heterocycles. The van der Waals surface area contributed by atoms with Crippen LogP contribution >= 0.6 is 0 Å². The van der Waals surface area contributed by atoms with Crippen molar-refractivity contribution in [1.29, 1.82) is 5.26 Å². The predicted molar refractivity (Wildman–Crippen MR) is 112 cm³/mol. The molecule has 1 atom stereocenters. The molecule has 154 valence electrons. The van der Waals surface area contributed by atoms with Gasteiger partial charge in [-0.2, -0.15) is 24.1 Å². The van der Waals surface area contributed by atoms with E-state index in [1.165, 1.54) is 38.2 Å². The fourth-order valence-electron chi connectivity index (χ4n) is 3.00. The van der Waals surface area contributed by atoms with Crippen LogP contribution in [0.3, 0.4) is 0 Å². The number of hydrogen-bond donors (Lipinski definition) is 1. The van der Waals surface area contributed by atoms with Gasteiger partial charge < -0.3 is 5.11 Å². The highest BCUT2D eigenvalue weighted by Gasteiger charge is 2.31. The van der Waals surface area contributed by atoms with Crippen LogP contribution in [0.1, 0.15) is 27.8 Å². The van der Waals surface area contributed by atoms with Crippen molar-refractivity contribution in [1.82, 2.24) is 9.99 Å². The molecule has 1 unspecified atom stereocenters. The van der Waals surface area contributed by atoms with Crippen LogP contribution in [0.2, 0.25) is 0 Å². The standard InChI is InChI=1S/C22H17BF2N4O2/c1-14-4-2-3-5-17(14)20(18-10-11-19(24)27-21(18)25)28-29(13-30)22(23,31)16-8-6-15(12-26)7-9-16/h2-11,13,31H,23H2,1H3/b28-20+. The maximum Gasteiger partial charge on any atom is 0.232 e. The zero-order valence-corrected chi connectivity index (χ0v) is 16.8. The Kier molecular flexibility index (Phi) is 6.23. The number of hydrogen-bond acceptors (Lipinski definition) is 5. The first-order chi connectivity index (χ1) is 14.8. The van der Waals surface area contributed by atoms with Crippen LogP contribution < -0.4 is 0 Å². The zero-order chi connectivity index (χ0) is 22.6. The first kappa shape index (κ1) is 21.8. The van der Waals surface area contributed by atoms with E-state index in [0.29, 0.717) is 23.1 Å². The molecule has 2 aromatic carbocycles. The second kappa shape index (κ2) is 8.85. The summed E-state index contributed by atoms with van der Waals surface area (Å²) in [6.45, 7) is 1.77. The molecule has 6 nitrogen and oxygen atoms in total. The normalized spacial score (nSPS) is 13.2. The zero-order valence-electron chi connectivity index (χ0n) is 16.8. The van der Waals surface area contributed by atoms with E-state index in [-0.39, 0.29) is 16.8 Å². The molecular formula is C22H17BF2N4O2. The third-order valence-electron chi connectivity index (χ3n) is 4.78. The molecular weight excluding hydrogens is 401 g/mol. The lowest BCUT2D eigenvalue weighted by Gasteiger charge is -2.32. The van der Waals surface area contributed by atoms with Gasteiger partial charge >= 0.3 is 0 Å². The maximum atomic E-state index is 14.5. The maximum absolute atomic E-state index is 14.5. The number of pyridine rings is 1. The first-order valence-corrected chi connectivity index (χ1v) is 9.22. The van der Waals surface area contributed by atoms with E-state index in [4.69, 9.17) is 5.26 Å². The number of carbonyl (C=O) groups is 1. The number of aliphatic hydroxyl groups is 1. The molecule has 9 heteroatoms. The number of nitriles is 1. The average molecular weight is 418 g/mol. The number of benzene rings is 2. The molecule has 1 aromatic heterocycles. The highest BCUT2D eigenvalue weighted by atomic mass is 19.1. The van der Waals surface area contributed by atoms with E-state index in [0.717, 1.165) is 11.1 Å². The van der Waals surface area contributed by atoms with E-state index in [2.05, 4.69) is 10.1 Å². The van der Waals surface area contributed by atoms with Gasteiger partial charge in [0.05, 0.1) is 17.2 Å². The van der Waals surface area contributed by atoms with Crippen molar-refractivity contribution < 1.29 is 18.7 Å². The lowest BCUT2D eigenvalue weighted by molar-refractivity contribution is -0.133. The van der Waals surface area contributed by atoms with Gasteiger partial charge in [-0.15, -0.1) is 0 Å². The van der Waals surface area contributed by atoms with Crippen molar-refractivity contribution in [2.24, 2.45) is 5.10 Å². The van der Waals surface area contributed by atoms with Crippen molar-refractivity contribution in [3.05, 3.63) is 100 Å². The Hall–Kier alpha value is -3.90. The highest BCUT2D eigenvalue weighted by molar-refractivity contribution is 6.16. The number of halogens is 2. The van der Waals surface area contributed by atoms with Crippen molar-refractivity contribution in [3.63, 3.8) is 0 Å². The first-order valence-electron chi connectivity index (χ1n) is 9.22. The molecule has 0 aliphatic rings. The van der Waals surface area contributed by atoms with Crippen molar-refractivity contribution >= 4 is 20.0 Å². The summed E-state index contributed by atoms with van der Waals surface area (Å²) in [5.74, 6) is -2.10. The molecule has 0 fully saturated rings. The van der Waals surface area contributed by atoms with E-state index < -0.39 is 17.5 Å². The molecule has 1 heterocycles. The summed E-state index contributed by atoms with van der Waals surface area (Å²) < 4.78 is 27.9. The van der Waals surface area contributed by atoms with Gasteiger partial charge in [0.2, 0.25) is 18.3 Å². The van der Waals surface area contributed by atoms with Gasteiger partial charge in [-0.1, -0.05) is 36.4 Å². The molecule has 0 aliphatic heterocycles. The van der Waals surface area contributed by atoms with E-state index in [9.17, 15) is 18.7 Å². The molecule has 3 aromatic rings. The Morgan fingerprint density at radius 1 is 1.16 bits per heavy atom. The monoisotopic (exact) mass is 418 g/mol. The fraction of sp³-hybridized carbons (Fsp3) is 0.0909. The minimum Gasteiger partial charge on any atom is -0.373 e. The van der Waals surface area contributed by atoms with E-state index in [1.54, 1.807) is 31.2 Å². The summed E-state index contributed by atoms with van der Waals surface area (Å²) in [7, 11) is 1.33. The molecule has 0 saturated carbocycles. The van der Waals surface area contributed by atoms with E-state index >= 15 is 0 Å². The van der Waals surface area contributed by atoms with Gasteiger partial charge in [-0.3, -0.25) is 4.79 Å². The minimum absolute atomic E-state index is 0.0101. The lowest BCUT2D eigenvalue weighted by Crippen LogP contribution is -2.43. The predicted octanol–water partition coefficient (Wildman–Crippen LogP) is 2.19. The van der Waals surface area contributed by atoms with Crippen LogP contribution in [0, 0.1) is 30.2 Å². The van der Waals surface area contributed by atoms with Crippen molar-refractivity contribution in [3.8, 4) is 6.07 Å². The molecule has 0 spiro atoms. The number of rotatable bonds is 6. The SMILES string of the molecule is BC(O)(c1ccc(C#N)cc1)N(C=O)/N=C(\c1ccccc1C)c1ccc(F)nc1F. The molecule has 1 amide bonds. The molecule has 3 rings (SSSR count). The van der Waals surface area contributed by atoms with Gasteiger partial charge in [0.1, 0.15) is 11.3 Å². The highest BCUT2D eigenvalue weighted by Crippen LogP contribution is 2.25. The van der Waals surface area contributed by atoms with Gasteiger partial charge in [0.15, 0.2) is 7.85 Å². The largest absolute Gasteiger partial charge is 0.373 e. The van der Waals surface area contributed by atoms with Crippen molar-refractivity contribution in [2.45, 2.75) is 12.5 Å². The van der Waals surface area contributed by atoms with Gasteiger partial charge in [-0.05, 0) is 42.3 Å². The average Bonchev–Trinajstić information content (AvgIpc) is 2.76. The van der Waals surface area contributed by atoms with Gasteiger partial charge in [0.25, 0.3) is 0 Å². The van der Waals surface area contributed by atoms with Crippen LogP contribution in [0.25, 0.3) is 0 Å². The minimum atomic E-state index is -1.92. The number of amides is 1. The van der Waals surface area contributed by atoms with Crippen molar-refractivity contribution in [2.75, 3.05) is 0 Å². The third kappa shape index (κ3) is 4.49. The van der Waals surface area contributed by atoms with Crippen LogP contribution in [0.4, 0.5) is 8.78 Å². The number of aryl methyl sites for hydroxylation is 1. The quantitative estimate of drug-likeness (QED) is 0.166. The van der Waals surface area contributed by atoms with Crippen LogP contribution in [-0.2, 0) is 10.4 Å². The fourth-order valence-corrected chi connectivity index (χ4v) is 3.00. The number of aromatic nitrogens is 1. The lowest BCUT2D eigenvalue weighted by atomic mass is 9.83. The Morgan fingerprint density at radius 3 is 2.42 bits per heavy atom. The van der Waals surface area contributed by atoms with Gasteiger partial charge in [0, 0.05) is 5.56 Å². The second-order valence-corrected chi connectivity index (χ2v) is 6.90. The summed E-state index contributed by atoms with van der Waals surface area (Å²) in [5, 5.41) is 25.0. The van der Waals surface area contributed by atoms with E-state index in [1.807, 2.05) is 6.07 Å². The molecule has 0 aliphatic carbocycles. The second-order valence-electron chi connectivity index (χ2n) is 6.90. The number of carbonyl (C=O) groups excluding carboxylic acids is 1. The number of nitrogens with zero attached hydrogens (tertiary/aromatic N) is 4. The van der Waals surface area contributed by atoms with Crippen LogP contribution in [0.5, 0.6) is 0 Å². The molecule has 0 radical (unpaired) electrons. The summed E-state index contributed by atoms with van der Waals surface area (Å²) in [6, 6.07) is 17.0. The van der Waals surface area contributed by atoms with Crippen LogP contribution in [-0.4, -0.2) is 35.1 Å². The number of hydrazone groups is 1. The Balaban J connectivity index is 2.18. The Morgan fingerprint density at radius 2 is 1.84 bits per heavy atom. The molecule has 1 N–H and O–H groups in total. The summed E-state index contributed by atoms with van der Waals surface area (Å²) >= 11 is 0. The summed E-state index contributed by atoms with van der Waals surface area (Å²) in [6.07, 6.45) is 0.297. The topological polar surface area (TPSA) is 89.6 Å². The molecule has 0 bridgehead atoms. The van der Waals surface area contributed by atoms with Gasteiger partial charge in [-0.25, -0.2) is 5.01 Å². The Bertz CT molecular complexity index is 1190. The smallest absolute Gasteiger partial charge is 0.232 e. The summed E-state index contributed by atoms with van der Waals surface area (Å²) in [5.41, 5.74) is -0.230. The summed E-state index contributed by atoms with van der Waals surface area (Å²) in [4.78, 5) is 15.1.